The van der Waals surface area contributed by atoms with E-state index in [2.05, 4.69) is 0 Å². The number of phenolic OH excluding ortho intramolecular Hbond substituents is 2. The molecule has 2 aliphatic carbocycles. The molecule has 192 valence electrons. The van der Waals surface area contributed by atoms with Crippen LogP contribution in [0.5, 0.6) is 11.5 Å². The van der Waals surface area contributed by atoms with Crippen LogP contribution in [0, 0.1) is 0 Å². The van der Waals surface area contributed by atoms with E-state index in [4.69, 9.17) is 0 Å². The molecule has 0 radical (unpaired) electrons. The lowest BCUT2D eigenvalue weighted by Gasteiger charge is -2.47. The van der Waals surface area contributed by atoms with E-state index in [1.807, 2.05) is 0 Å². The summed E-state index contributed by atoms with van der Waals surface area (Å²) in [5.74, 6) is -15.9. The molecule has 0 saturated heterocycles. The first-order valence-electron chi connectivity index (χ1n) is 11.2. The lowest BCUT2D eigenvalue weighted by molar-refractivity contribution is -0.258. The highest BCUT2D eigenvalue weighted by molar-refractivity contribution is 8.14. The maximum Gasteiger partial charge on any atom is 0.380 e. The fourth-order valence-electron chi connectivity index (χ4n) is 5.45. The van der Waals surface area contributed by atoms with Crippen molar-refractivity contribution < 1.29 is 36.6 Å². The standard InChI is InChI=1S/C27H18F6O2S2/c1-23-17(11-19(36-23)13-3-7-15(34)8-4-13)21-22(26(30,31)27(32,33)25(21,28)29)18-12-20(37-24(18,23)2)14-5-9-16(35)10-6-14/h3-12,34-35H,1-2H3/t23-,24-/m1/s1. The van der Waals surface area contributed by atoms with E-state index < -0.39 is 38.4 Å². The Hall–Kier alpha value is -2.72. The van der Waals surface area contributed by atoms with Crippen molar-refractivity contribution in [2.75, 3.05) is 0 Å². The lowest BCUT2D eigenvalue weighted by atomic mass is 9.71. The van der Waals surface area contributed by atoms with Crippen molar-refractivity contribution in [3.05, 3.63) is 94.1 Å². The molecule has 2 aromatic carbocycles. The number of aromatic hydroxyl groups is 2. The summed E-state index contributed by atoms with van der Waals surface area (Å²) in [7, 11) is 0. The maximum absolute atomic E-state index is 15.3. The van der Waals surface area contributed by atoms with Crippen LogP contribution in [0.3, 0.4) is 0 Å². The molecular formula is C27H18F6O2S2. The van der Waals surface area contributed by atoms with Crippen molar-refractivity contribution in [3.63, 3.8) is 0 Å². The SMILES string of the molecule is C[C@@]12SC(c3ccc(O)cc3)=CC1=C1C(=C3C=C(c4ccc(O)cc4)S[C@]32C)C(F)(F)C(F)(F)C1(F)F. The zero-order valence-corrected chi connectivity index (χ0v) is 20.9. The first-order valence-corrected chi connectivity index (χ1v) is 12.8. The van der Waals surface area contributed by atoms with Gasteiger partial charge < -0.3 is 10.2 Å². The van der Waals surface area contributed by atoms with E-state index in [0.717, 1.165) is 23.5 Å². The molecule has 10 heteroatoms. The molecule has 0 spiro atoms. The van der Waals surface area contributed by atoms with Crippen LogP contribution in [-0.4, -0.2) is 37.5 Å². The van der Waals surface area contributed by atoms with Crippen LogP contribution < -0.4 is 0 Å². The molecule has 0 bridgehead atoms. The second-order valence-corrected chi connectivity index (χ2v) is 12.6. The Morgan fingerprint density at radius 3 is 1.22 bits per heavy atom. The molecule has 2 aromatic rings. The van der Waals surface area contributed by atoms with Gasteiger partial charge in [0.1, 0.15) is 11.5 Å². The van der Waals surface area contributed by atoms with E-state index in [1.54, 1.807) is 38.1 Å². The molecule has 37 heavy (non-hydrogen) atoms. The second-order valence-electron chi connectivity index (χ2n) is 9.68. The number of hydrogen-bond acceptors (Lipinski definition) is 4. The molecule has 0 unspecified atom stereocenters. The molecular weight excluding hydrogens is 534 g/mol. The Labute approximate surface area is 216 Å². The van der Waals surface area contributed by atoms with Crippen molar-refractivity contribution >= 4 is 33.3 Å². The summed E-state index contributed by atoms with van der Waals surface area (Å²) in [5.41, 5.74) is -2.07. The number of phenols is 2. The number of allylic oxidation sites excluding steroid dienone is 4. The highest BCUT2D eigenvalue weighted by Gasteiger charge is 2.84. The zero-order valence-electron chi connectivity index (χ0n) is 19.3. The van der Waals surface area contributed by atoms with Crippen LogP contribution in [0.4, 0.5) is 26.3 Å². The van der Waals surface area contributed by atoms with Gasteiger partial charge in [-0.2, -0.15) is 26.3 Å². The largest absolute Gasteiger partial charge is 0.508 e. The van der Waals surface area contributed by atoms with Gasteiger partial charge in [-0.3, -0.25) is 0 Å². The molecule has 1 fully saturated rings. The normalized spacial score (nSPS) is 30.6. The van der Waals surface area contributed by atoms with Crippen molar-refractivity contribution in [2.45, 2.75) is 41.1 Å². The van der Waals surface area contributed by atoms with E-state index in [0.29, 0.717) is 20.9 Å². The van der Waals surface area contributed by atoms with Crippen LogP contribution in [0.1, 0.15) is 25.0 Å². The fraction of sp³-hybridized carbons (Fsp3) is 0.259. The third kappa shape index (κ3) is 2.88. The van der Waals surface area contributed by atoms with Crippen molar-refractivity contribution in [1.82, 2.24) is 0 Å². The molecule has 2 aliphatic heterocycles. The van der Waals surface area contributed by atoms with Gasteiger partial charge in [-0.15, -0.1) is 23.5 Å². The second kappa shape index (κ2) is 7.22. The molecule has 2 atom stereocenters. The van der Waals surface area contributed by atoms with Crippen molar-refractivity contribution in [3.8, 4) is 11.5 Å². The monoisotopic (exact) mass is 552 g/mol. The molecule has 2 N–H and O–H groups in total. The van der Waals surface area contributed by atoms with Crippen LogP contribution in [0.2, 0.25) is 0 Å². The lowest BCUT2D eigenvalue weighted by Crippen LogP contribution is -2.48. The van der Waals surface area contributed by atoms with Gasteiger partial charge in [-0.1, -0.05) is 24.3 Å². The van der Waals surface area contributed by atoms with Gasteiger partial charge >= 0.3 is 17.8 Å². The Bertz CT molecular complexity index is 1380. The van der Waals surface area contributed by atoms with E-state index in [-0.39, 0.29) is 22.6 Å². The molecule has 2 nitrogen and oxygen atoms in total. The molecule has 6 rings (SSSR count). The quantitative estimate of drug-likeness (QED) is 0.370. The zero-order chi connectivity index (χ0) is 26.8. The summed E-state index contributed by atoms with van der Waals surface area (Å²) in [6.07, 6.45) is 2.61. The first-order chi connectivity index (χ1) is 17.1. The van der Waals surface area contributed by atoms with E-state index >= 15 is 17.6 Å². The summed E-state index contributed by atoms with van der Waals surface area (Å²) in [6, 6.07) is 11.8. The molecule has 2 heterocycles. The van der Waals surface area contributed by atoms with Gasteiger partial charge in [0.25, 0.3) is 0 Å². The Morgan fingerprint density at radius 2 is 0.892 bits per heavy atom. The minimum Gasteiger partial charge on any atom is -0.508 e. The van der Waals surface area contributed by atoms with Gasteiger partial charge in [-0.25, -0.2) is 0 Å². The Kier molecular flexibility index (Phi) is 4.81. The molecule has 0 aromatic heterocycles. The van der Waals surface area contributed by atoms with Crippen molar-refractivity contribution in [1.29, 1.82) is 0 Å². The highest BCUT2D eigenvalue weighted by atomic mass is 32.2. The molecule has 1 saturated carbocycles. The smallest absolute Gasteiger partial charge is 0.380 e. The van der Waals surface area contributed by atoms with Gasteiger partial charge in [0.15, 0.2) is 0 Å². The summed E-state index contributed by atoms with van der Waals surface area (Å²) in [4.78, 5) is 0.889. The van der Waals surface area contributed by atoms with Gasteiger partial charge in [0.05, 0.1) is 9.49 Å². The summed E-state index contributed by atoms with van der Waals surface area (Å²) in [5, 5.41) is 19.3. The van der Waals surface area contributed by atoms with Crippen LogP contribution in [0.15, 0.2) is 83.0 Å². The number of thioether (sulfide) groups is 2. The summed E-state index contributed by atoms with van der Waals surface area (Å²) in [6.45, 7) is 3.23. The average Bonchev–Trinajstić information content (AvgIpc) is 3.40. The summed E-state index contributed by atoms with van der Waals surface area (Å²) >= 11 is 2.30. The number of hydrogen-bond donors (Lipinski definition) is 2. The Morgan fingerprint density at radius 1 is 0.568 bits per heavy atom. The van der Waals surface area contributed by atoms with E-state index in [1.165, 1.54) is 36.4 Å². The van der Waals surface area contributed by atoms with Crippen LogP contribution in [0.25, 0.3) is 9.81 Å². The third-order valence-electron chi connectivity index (χ3n) is 7.63. The number of rotatable bonds is 2. The predicted octanol–water partition coefficient (Wildman–Crippen LogP) is 8.02. The summed E-state index contributed by atoms with van der Waals surface area (Å²) < 4.78 is 88.4. The minimum absolute atomic E-state index is 0.0214. The number of fused-ring (bicyclic) bond motifs is 4. The number of alkyl halides is 6. The molecule has 4 aliphatic rings. The fourth-order valence-corrected chi connectivity index (χ4v) is 8.59. The number of halogens is 6. The average molecular weight is 553 g/mol. The first kappa shape index (κ1) is 24.6. The third-order valence-corrected chi connectivity index (χ3v) is 11.0. The van der Waals surface area contributed by atoms with E-state index in [9.17, 15) is 19.0 Å². The topological polar surface area (TPSA) is 40.5 Å². The molecule has 0 amide bonds. The van der Waals surface area contributed by atoms with Crippen LogP contribution in [-0.2, 0) is 0 Å². The van der Waals surface area contributed by atoms with Gasteiger partial charge in [0, 0.05) is 21.0 Å². The van der Waals surface area contributed by atoms with Crippen LogP contribution >= 0.6 is 23.5 Å². The number of benzene rings is 2. The Balaban J connectivity index is 1.65. The minimum atomic E-state index is -5.61. The maximum atomic E-state index is 15.3. The van der Waals surface area contributed by atoms with Crippen molar-refractivity contribution in [2.24, 2.45) is 0 Å². The van der Waals surface area contributed by atoms with Gasteiger partial charge in [-0.05, 0) is 72.5 Å². The van der Waals surface area contributed by atoms with Gasteiger partial charge in [0.2, 0.25) is 0 Å². The highest BCUT2D eigenvalue weighted by Crippen LogP contribution is 2.75. The predicted molar refractivity (Wildman–Crippen MR) is 133 cm³/mol.